The highest BCUT2D eigenvalue weighted by molar-refractivity contribution is 6.08. The molecule has 0 saturated carbocycles. The van der Waals surface area contributed by atoms with Crippen molar-refractivity contribution in [2.75, 3.05) is 62.3 Å². The van der Waals surface area contributed by atoms with Gasteiger partial charge in [-0.1, -0.05) is 12.1 Å². The lowest BCUT2D eigenvalue weighted by atomic mass is 10.1. The van der Waals surface area contributed by atoms with E-state index in [1.807, 2.05) is 24.3 Å². The molecule has 0 N–H and O–H groups in total. The molecule has 2 heterocycles. The number of morpholine rings is 1. The smallest absolute Gasteiger partial charge is 0.258 e. The van der Waals surface area contributed by atoms with Gasteiger partial charge < -0.3 is 14.5 Å². The SMILES string of the molecule is O=C(c1ccc(F)c(F)c1)N1CCN(CCN2CCOCC2)c2ccccc21. The van der Waals surface area contributed by atoms with E-state index in [9.17, 15) is 13.6 Å². The first kappa shape index (κ1) is 18.8. The van der Waals surface area contributed by atoms with Crippen LogP contribution in [0.25, 0.3) is 0 Å². The number of fused-ring (bicyclic) bond motifs is 1. The minimum absolute atomic E-state index is 0.149. The summed E-state index contributed by atoms with van der Waals surface area (Å²) in [6, 6.07) is 11.0. The molecule has 2 aliphatic heterocycles. The number of para-hydroxylation sites is 2. The molecule has 7 heteroatoms. The van der Waals surface area contributed by atoms with Crippen molar-refractivity contribution in [3.05, 3.63) is 59.7 Å². The third-order valence-corrected chi connectivity index (χ3v) is 5.31. The number of benzene rings is 2. The van der Waals surface area contributed by atoms with E-state index in [4.69, 9.17) is 4.74 Å². The van der Waals surface area contributed by atoms with Crippen molar-refractivity contribution in [1.29, 1.82) is 0 Å². The van der Waals surface area contributed by atoms with Gasteiger partial charge >= 0.3 is 0 Å². The van der Waals surface area contributed by atoms with E-state index in [0.29, 0.717) is 13.1 Å². The third-order valence-electron chi connectivity index (χ3n) is 5.31. The molecule has 28 heavy (non-hydrogen) atoms. The lowest BCUT2D eigenvalue weighted by Crippen LogP contribution is -2.47. The van der Waals surface area contributed by atoms with Gasteiger partial charge in [0.25, 0.3) is 5.91 Å². The Balaban J connectivity index is 1.52. The number of ether oxygens (including phenoxy) is 1. The third kappa shape index (κ3) is 3.86. The van der Waals surface area contributed by atoms with Gasteiger partial charge in [0, 0.05) is 44.8 Å². The summed E-state index contributed by atoms with van der Waals surface area (Å²) >= 11 is 0. The maximum Gasteiger partial charge on any atom is 0.258 e. The van der Waals surface area contributed by atoms with Gasteiger partial charge in [-0.15, -0.1) is 0 Å². The molecule has 0 aromatic heterocycles. The topological polar surface area (TPSA) is 36.0 Å². The van der Waals surface area contributed by atoms with Gasteiger partial charge in [-0.05, 0) is 30.3 Å². The van der Waals surface area contributed by atoms with Crippen LogP contribution < -0.4 is 9.80 Å². The Bertz CT molecular complexity index is 855. The number of anilines is 2. The Morgan fingerprint density at radius 1 is 0.893 bits per heavy atom. The van der Waals surface area contributed by atoms with Gasteiger partial charge in [-0.25, -0.2) is 8.78 Å². The van der Waals surface area contributed by atoms with Crippen LogP contribution in [0.1, 0.15) is 10.4 Å². The molecule has 1 fully saturated rings. The van der Waals surface area contributed by atoms with Gasteiger partial charge in [-0.2, -0.15) is 0 Å². The molecule has 2 aliphatic rings. The molecule has 1 amide bonds. The fourth-order valence-corrected chi connectivity index (χ4v) is 3.74. The molecule has 0 spiro atoms. The summed E-state index contributed by atoms with van der Waals surface area (Å²) in [4.78, 5) is 19.2. The predicted octanol–water partition coefficient (Wildman–Crippen LogP) is 2.76. The number of nitrogens with zero attached hydrogens (tertiary/aromatic N) is 3. The molecule has 0 aliphatic carbocycles. The predicted molar refractivity (Wildman–Crippen MR) is 104 cm³/mol. The fraction of sp³-hybridized carbons (Fsp3) is 0.381. The van der Waals surface area contributed by atoms with Crippen molar-refractivity contribution in [2.24, 2.45) is 0 Å². The lowest BCUT2D eigenvalue weighted by molar-refractivity contribution is 0.0391. The molecule has 2 aromatic carbocycles. The average Bonchev–Trinajstić information content (AvgIpc) is 2.74. The summed E-state index contributed by atoms with van der Waals surface area (Å²) in [5, 5.41) is 0. The van der Waals surface area contributed by atoms with Gasteiger partial charge in [0.1, 0.15) is 0 Å². The zero-order valence-corrected chi connectivity index (χ0v) is 15.6. The number of rotatable bonds is 4. The van der Waals surface area contributed by atoms with E-state index < -0.39 is 11.6 Å². The number of halogens is 2. The van der Waals surface area contributed by atoms with E-state index in [0.717, 1.165) is 62.9 Å². The highest BCUT2D eigenvalue weighted by Gasteiger charge is 2.28. The van der Waals surface area contributed by atoms with Crippen molar-refractivity contribution < 1.29 is 18.3 Å². The Labute approximate surface area is 163 Å². The molecule has 148 valence electrons. The second kappa shape index (κ2) is 8.24. The number of hydrogen-bond acceptors (Lipinski definition) is 4. The van der Waals surface area contributed by atoms with Crippen LogP contribution >= 0.6 is 0 Å². The van der Waals surface area contributed by atoms with Crippen molar-refractivity contribution in [1.82, 2.24) is 4.90 Å². The number of carbonyl (C=O) groups excluding carboxylic acids is 1. The van der Waals surface area contributed by atoms with Gasteiger partial charge in [0.2, 0.25) is 0 Å². The Hall–Kier alpha value is -2.51. The van der Waals surface area contributed by atoms with Gasteiger partial charge in [0.15, 0.2) is 11.6 Å². The Morgan fingerprint density at radius 3 is 2.39 bits per heavy atom. The number of amides is 1. The molecule has 0 radical (unpaired) electrons. The maximum absolute atomic E-state index is 13.6. The Morgan fingerprint density at radius 2 is 1.64 bits per heavy atom. The second-order valence-corrected chi connectivity index (χ2v) is 7.02. The summed E-state index contributed by atoms with van der Waals surface area (Å²) in [5.41, 5.74) is 1.93. The zero-order valence-electron chi connectivity index (χ0n) is 15.6. The molecule has 2 aromatic rings. The van der Waals surface area contributed by atoms with Gasteiger partial charge in [-0.3, -0.25) is 9.69 Å². The van der Waals surface area contributed by atoms with E-state index in [1.165, 1.54) is 6.07 Å². The molecule has 5 nitrogen and oxygen atoms in total. The standard InChI is InChI=1S/C21H23F2N3O2/c22-17-6-5-16(15-18(17)23)21(27)26-10-9-25(19-3-1-2-4-20(19)26)8-7-24-11-13-28-14-12-24/h1-6,15H,7-14H2. The van der Waals surface area contributed by atoms with Crippen LogP contribution in [-0.2, 0) is 4.74 Å². The molecular weight excluding hydrogens is 364 g/mol. The summed E-state index contributed by atoms with van der Waals surface area (Å²) in [7, 11) is 0. The van der Waals surface area contributed by atoms with E-state index in [2.05, 4.69) is 9.80 Å². The summed E-state index contributed by atoms with van der Waals surface area (Å²) in [6.07, 6.45) is 0. The van der Waals surface area contributed by atoms with Crippen LogP contribution in [0, 0.1) is 11.6 Å². The van der Waals surface area contributed by atoms with Crippen LogP contribution in [-0.4, -0.2) is 63.3 Å². The monoisotopic (exact) mass is 387 g/mol. The normalized spacial score (nSPS) is 17.5. The first-order valence-electron chi connectivity index (χ1n) is 9.54. The average molecular weight is 387 g/mol. The van der Waals surface area contributed by atoms with Gasteiger partial charge in [0.05, 0.1) is 24.6 Å². The van der Waals surface area contributed by atoms with Crippen molar-refractivity contribution in [2.45, 2.75) is 0 Å². The minimum Gasteiger partial charge on any atom is -0.379 e. The van der Waals surface area contributed by atoms with Crippen LogP contribution in [0.3, 0.4) is 0 Å². The fourth-order valence-electron chi connectivity index (χ4n) is 3.74. The first-order valence-corrected chi connectivity index (χ1v) is 9.54. The summed E-state index contributed by atoms with van der Waals surface area (Å²) in [6.45, 7) is 6.42. The molecular formula is C21H23F2N3O2. The largest absolute Gasteiger partial charge is 0.379 e. The zero-order chi connectivity index (χ0) is 19.5. The van der Waals surface area contributed by atoms with Crippen LogP contribution in [0.5, 0.6) is 0 Å². The van der Waals surface area contributed by atoms with Crippen molar-refractivity contribution >= 4 is 17.3 Å². The summed E-state index contributed by atoms with van der Waals surface area (Å²) in [5.74, 6) is -2.28. The highest BCUT2D eigenvalue weighted by Crippen LogP contribution is 2.33. The first-order chi connectivity index (χ1) is 13.6. The van der Waals surface area contributed by atoms with Crippen molar-refractivity contribution in [3.63, 3.8) is 0 Å². The number of hydrogen-bond donors (Lipinski definition) is 0. The second-order valence-electron chi connectivity index (χ2n) is 7.02. The maximum atomic E-state index is 13.6. The summed E-state index contributed by atoms with van der Waals surface area (Å²) < 4.78 is 32.2. The van der Waals surface area contributed by atoms with Crippen molar-refractivity contribution in [3.8, 4) is 0 Å². The van der Waals surface area contributed by atoms with E-state index in [-0.39, 0.29) is 11.5 Å². The van der Waals surface area contributed by atoms with Crippen LogP contribution in [0.4, 0.5) is 20.2 Å². The molecule has 0 atom stereocenters. The molecule has 0 bridgehead atoms. The lowest BCUT2D eigenvalue weighted by Gasteiger charge is -2.39. The van der Waals surface area contributed by atoms with E-state index in [1.54, 1.807) is 4.90 Å². The number of carbonyl (C=O) groups is 1. The van der Waals surface area contributed by atoms with E-state index >= 15 is 0 Å². The highest BCUT2D eigenvalue weighted by atomic mass is 19.2. The Kier molecular flexibility index (Phi) is 5.54. The molecule has 0 unspecified atom stereocenters. The minimum atomic E-state index is -1.01. The molecule has 4 rings (SSSR count). The van der Waals surface area contributed by atoms with Crippen LogP contribution in [0.2, 0.25) is 0 Å². The quantitative estimate of drug-likeness (QED) is 0.808. The molecule has 1 saturated heterocycles. The van der Waals surface area contributed by atoms with Crippen LogP contribution in [0.15, 0.2) is 42.5 Å².